The lowest BCUT2D eigenvalue weighted by atomic mass is 10.2. The topological polar surface area (TPSA) is 79.7 Å². The standard InChI is InChI=1S/C11H14BrNO4/c12-8-6-9(11(15)16)10(13-7-8)17-5-3-1-2-4-14/h6-7,14H,1-5H2,(H,15,16). The Morgan fingerprint density at radius 3 is 2.82 bits per heavy atom. The summed E-state index contributed by atoms with van der Waals surface area (Å²) in [6.07, 6.45) is 3.82. The van der Waals surface area contributed by atoms with Gasteiger partial charge in [-0.3, -0.25) is 0 Å². The molecule has 0 aliphatic heterocycles. The fourth-order valence-electron chi connectivity index (χ4n) is 1.25. The first-order valence-electron chi connectivity index (χ1n) is 5.27. The van der Waals surface area contributed by atoms with Gasteiger partial charge in [-0.1, -0.05) is 0 Å². The van der Waals surface area contributed by atoms with Crippen molar-refractivity contribution in [3.05, 3.63) is 22.3 Å². The van der Waals surface area contributed by atoms with E-state index in [0.29, 0.717) is 11.1 Å². The van der Waals surface area contributed by atoms with Crippen LogP contribution in [0, 0.1) is 0 Å². The highest BCUT2D eigenvalue weighted by Gasteiger charge is 2.13. The van der Waals surface area contributed by atoms with Gasteiger partial charge in [0.05, 0.1) is 6.61 Å². The molecule has 2 N–H and O–H groups in total. The number of nitrogens with zero attached hydrogens (tertiary/aromatic N) is 1. The molecule has 0 fully saturated rings. The summed E-state index contributed by atoms with van der Waals surface area (Å²) < 4.78 is 5.91. The van der Waals surface area contributed by atoms with Gasteiger partial charge in [0.25, 0.3) is 0 Å². The third kappa shape index (κ3) is 4.70. The number of halogens is 1. The van der Waals surface area contributed by atoms with Gasteiger partial charge >= 0.3 is 5.97 Å². The Balaban J connectivity index is 2.55. The monoisotopic (exact) mass is 303 g/mol. The molecule has 0 unspecified atom stereocenters. The van der Waals surface area contributed by atoms with E-state index in [1.165, 1.54) is 12.3 Å². The maximum atomic E-state index is 10.9. The van der Waals surface area contributed by atoms with Gasteiger partial charge in [-0.05, 0) is 41.3 Å². The average Bonchev–Trinajstić information content (AvgIpc) is 2.30. The molecule has 1 heterocycles. The van der Waals surface area contributed by atoms with Crippen molar-refractivity contribution in [3.8, 4) is 5.88 Å². The van der Waals surface area contributed by atoms with Crippen LogP contribution in [0.1, 0.15) is 29.6 Å². The second-order valence-electron chi connectivity index (χ2n) is 3.44. The molecule has 17 heavy (non-hydrogen) atoms. The van der Waals surface area contributed by atoms with Crippen molar-refractivity contribution in [2.24, 2.45) is 0 Å². The lowest BCUT2D eigenvalue weighted by Gasteiger charge is -2.07. The van der Waals surface area contributed by atoms with Crippen LogP contribution in [-0.4, -0.2) is 34.4 Å². The summed E-state index contributed by atoms with van der Waals surface area (Å²) in [5.74, 6) is -0.936. The number of unbranched alkanes of at least 4 members (excludes halogenated alkanes) is 2. The number of hydrogen-bond donors (Lipinski definition) is 2. The van der Waals surface area contributed by atoms with Gasteiger partial charge in [0.1, 0.15) is 5.56 Å². The number of ether oxygens (including phenoxy) is 1. The Morgan fingerprint density at radius 2 is 2.18 bits per heavy atom. The zero-order chi connectivity index (χ0) is 12.7. The predicted molar refractivity (Wildman–Crippen MR) is 65.3 cm³/mol. The fraction of sp³-hybridized carbons (Fsp3) is 0.455. The molecule has 0 bridgehead atoms. The Hall–Kier alpha value is -1.14. The maximum absolute atomic E-state index is 10.9. The highest BCUT2D eigenvalue weighted by molar-refractivity contribution is 9.10. The fourth-order valence-corrected chi connectivity index (χ4v) is 1.59. The summed E-state index contributed by atoms with van der Waals surface area (Å²) in [4.78, 5) is 14.9. The number of carboxylic acid groups (broad SMARTS) is 1. The van der Waals surface area contributed by atoms with E-state index >= 15 is 0 Å². The molecule has 0 atom stereocenters. The molecule has 0 amide bonds. The van der Waals surface area contributed by atoms with Gasteiger partial charge in [0, 0.05) is 17.3 Å². The molecule has 5 nitrogen and oxygen atoms in total. The number of aromatic carboxylic acids is 1. The van der Waals surface area contributed by atoms with Crippen LogP contribution >= 0.6 is 15.9 Å². The van der Waals surface area contributed by atoms with Gasteiger partial charge in [-0.25, -0.2) is 9.78 Å². The van der Waals surface area contributed by atoms with Crippen LogP contribution in [0.3, 0.4) is 0 Å². The molecule has 6 heteroatoms. The summed E-state index contributed by atoms with van der Waals surface area (Å²) in [6.45, 7) is 0.561. The molecular weight excluding hydrogens is 290 g/mol. The largest absolute Gasteiger partial charge is 0.477 e. The minimum Gasteiger partial charge on any atom is -0.477 e. The van der Waals surface area contributed by atoms with Crippen LogP contribution in [0.2, 0.25) is 0 Å². The molecule has 1 aromatic heterocycles. The Morgan fingerprint density at radius 1 is 1.41 bits per heavy atom. The van der Waals surface area contributed by atoms with Crippen molar-refractivity contribution in [2.75, 3.05) is 13.2 Å². The first kappa shape index (κ1) is 13.9. The van der Waals surface area contributed by atoms with Gasteiger partial charge in [-0.15, -0.1) is 0 Å². The van der Waals surface area contributed by atoms with Gasteiger partial charge in [0.15, 0.2) is 0 Å². The summed E-state index contributed by atoms with van der Waals surface area (Å²) in [6, 6.07) is 1.46. The summed E-state index contributed by atoms with van der Waals surface area (Å²) in [7, 11) is 0. The SMILES string of the molecule is O=C(O)c1cc(Br)cnc1OCCCCCO. The highest BCUT2D eigenvalue weighted by Crippen LogP contribution is 2.20. The lowest BCUT2D eigenvalue weighted by Crippen LogP contribution is -2.06. The summed E-state index contributed by atoms with van der Waals surface area (Å²) in [5.41, 5.74) is 0.0431. The molecular formula is C11H14BrNO4. The quantitative estimate of drug-likeness (QED) is 0.754. The first-order valence-corrected chi connectivity index (χ1v) is 6.07. The number of carboxylic acids is 1. The summed E-state index contributed by atoms with van der Waals surface area (Å²) in [5, 5.41) is 17.6. The molecule has 0 radical (unpaired) electrons. The number of hydrogen-bond acceptors (Lipinski definition) is 4. The van der Waals surface area contributed by atoms with Crippen molar-refractivity contribution in [1.29, 1.82) is 0 Å². The molecule has 0 saturated heterocycles. The Kier molecular flexibility index (Phi) is 5.93. The van der Waals surface area contributed by atoms with E-state index in [-0.39, 0.29) is 18.1 Å². The number of aliphatic hydroxyl groups excluding tert-OH is 1. The van der Waals surface area contributed by atoms with E-state index in [2.05, 4.69) is 20.9 Å². The van der Waals surface area contributed by atoms with Crippen molar-refractivity contribution >= 4 is 21.9 Å². The van der Waals surface area contributed by atoms with E-state index in [9.17, 15) is 4.79 Å². The lowest BCUT2D eigenvalue weighted by molar-refractivity contribution is 0.0691. The molecule has 0 saturated carbocycles. The molecule has 1 aromatic rings. The smallest absolute Gasteiger partial charge is 0.341 e. The second kappa shape index (κ2) is 7.24. The molecule has 0 aliphatic carbocycles. The third-order valence-corrected chi connectivity index (χ3v) is 2.52. The second-order valence-corrected chi connectivity index (χ2v) is 4.36. The first-order chi connectivity index (χ1) is 8.15. The Bertz CT molecular complexity index is 384. The van der Waals surface area contributed by atoms with Crippen molar-refractivity contribution in [1.82, 2.24) is 4.98 Å². The number of aromatic nitrogens is 1. The van der Waals surface area contributed by atoms with Crippen molar-refractivity contribution < 1.29 is 19.7 Å². The van der Waals surface area contributed by atoms with Crippen LogP contribution in [0.5, 0.6) is 5.88 Å². The van der Waals surface area contributed by atoms with Crippen LogP contribution in [-0.2, 0) is 0 Å². The molecule has 0 spiro atoms. The van der Waals surface area contributed by atoms with Crippen molar-refractivity contribution in [3.63, 3.8) is 0 Å². The van der Waals surface area contributed by atoms with Crippen LogP contribution in [0.15, 0.2) is 16.7 Å². The van der Waals surface area contributed by atoms with Gasteiger partial charge in [0.2, 0.25) is 5.88 Å². The van der Waals surface area contributed by atoms with Gasteiger partial charge < -0.3 is 14.9 Å². The minimum atomic E-state index is -1.07. The van der Waals surface area contributed by atoms with Crippen LogP contribution < -0.4 is 4.74 Å². The Labute approximate surface area is 108 Å². The zero-order valence-corrected chi connectivity index (χ0v) is 10.8. The number of pyridine rings is 1. The third-order valence-electron chi connectivity index (χ3n) is 2.09. The van der Waals surface area contributed by atoms with E-state index in [1.54, 1.807) is 0 Å². The average molecular weight is 304 g/mol. The highest BCUT2D eigenvalue weighted by atomic mass is 79.9. The van der Waals surface area contributed by atoms with E-state index in [0.717, 1.165) is 19.3 Å². The molecule has 94 valence electrons. The number of carbonyl (C=O) groups is 1. The van der Waals surface area contributed by atoms with Crippen molar-refractivity contribution in [2.45, 2.75) is 19.3 Å². The maximum Gasteiger partial charge on any atom is 0.341 e. The minimum absolute atomic E-state index is 0.0431. The normalized spacial score (nSPS) is 10.2. The van der Waals surface area contributed by atoms with Gasteiger partial charge in [-0.2, -0.15) is 0 Å². The molecule has 0 aromatic carbocycles. The zero-order valence-electron chi connectivity index (χ0n) is 9.23. The van der Waals surface area contributed by atoms with E-state index in [4.69, 9.17) is 14.9 Å². The molecule has 0 aliphatic rings. The van der Waals surface area contributed by atoms with Crippen LogP contribution in [0.4, 0.5) is 0 Å². The van der Waals surface area contributed by atoms with Crippen LogP contribution in [0.25, 0.3) is 0 Å². The van der Waals surface area contributed by atoms with E-state index < -0.39 is 5.97 Å². The number of aliphatic hydroxyl groups is 1. The van der Waals surface area contributed by atoms with E-state index in [1.807, 2.05) is 0 Å². The molecule has 1 rings (SSSR count). The predicted octanol–water partition coefficient (Wildman–Crippen LogP) is 2.08. The summed E-state index contributed by atoms with van der Waals surface area (Å²) >= 11 is 3.16. The number of rotatable bonds is 7.